The van der Waals surface area contributed by atoms with E-state index in [0.717, 1.165) is 5.69 Å². The molecule has 0 aliphatic carbocycles. The summed E-state index contributed by atoms with van der Waals surface area (Å²) in [7, 11) is 0. The number of primary amides is 1. The van der Waals surface area contributed by atoms with Crippen LogP contribution >= 0.6 is 0 Å². The number of pyridine rings is 1. The van der Waals surface area contributed by atoms with Crippen molar-refractivity contribution in [3.8, 4) is 0 Å². The topological polar surface area (TPSA) is 56.0 Å². The summed E-state index contributed by atoms with van der Waals surface area (Å²) in [4.78, 5) is 14.7. The molecule has 2 N–H and O–H groups in total. The maximum Gasteiger partial charge on any atom is 0.223 e. The maximum atomic E-state index is 10.6. The lowest BCUT2D eigenvalue weighted by Gasteiger charge is -2.04. The minimum absolute atomic E-state index is 0.221. The van der Waals surface area contributed by atoms with Crippen molar-refractivity contribution >= 4 is 5.91 Å². The van der Waals surface area contributed by atoms with E-state index in [2.05, 4.69) is 18.8 Å². The zero-order valence-corrected chi connectivity index (χ0v) is 7.95. The molecule has 3 heteroatoms. The van der Waals surface area contributed by atoms with Crippen LogP contribution in [0.25, 0.3) is 0 Å². The van der Waals surface area contributed by atoms with Gasteiger partial charge in [-0.05, 0) is 17.5 Å². The first-order valence-corrected chi connectivity index (χ1v) is 4.32. The first-order chi connectivity index (χ1) is 6.09. The summed E-state index contributed by atoms with van der Waals surface area (Å²) < 4.78 is 0. The van der Waals surface area contributed by atoms with E-state index in [4.69, 9.17) is 5.73 Å². The lowest BCUT2D eigenvalue weighted by atomic mass is 10.1. The third kappa shape index (κ3) is 2.86. The molecule has 0 bridgehead atoms. The van der Waals surface area contributed by atoms with E-state index in [1.807, 2.05) is 12.1 Å². The molecular weight excluding hydrogens is 164 g/mol. The molecule has 1 rings (SSSR count). The van der Waals surface area contributed by atoms with Crippen LogP contribution in [-0.4, -0.2) is 10.9 Å². The van der Waals surface area contributed by atoms with Crippen LogP contribution in [0, 0.1) is 0 Å². The molecule has 1 aromatic heterocycles. The molecule has 0 aliphatic rings. The number of amides is 1. The number of carbonyl (C=O) groups is 1. The lowest BCUT2D eigenvalue weighted by Crippen LogP contribution is -2.14. The average molecular weight is 178 g/mol. The Morgan fingerprint density at radius 3 is 2.62 bits per heavy atom. The molecule has 1 amide bonds. The smallest absolute Gasteiger partial charge is 0.223 e. The van der Waals surface area contributed by atoms with Crippen LogP contribution in [0.2, 0.25) is 0 Å². The predicted octanol–water partition coefficient (Wildman–Crippen LogP) is 1.23. The number of nitrogens with two attached hydrogens (primary N) is 1. The number of hydrogen-bond donors (Lipinski definition) is 1. The van der Waals surface area contributed by atoms with Gasteiger partial charge in [0.15, 0.2) is 0 Å². The molecule has 0 atom stereocenters. The first kappa shape index (κ1) is 9.71. The Balaban J connectivity index is 2.75. The summed E-state index contributed by atoms with van der Waals surface area (Å²) in [6.07, 6.45) is 2.02. The summed E-state index contributed by atoms with van der Waals surface area (Å²) in [6, 6.07) is 3.83. The van der Waals surface area contributed by atoms with E-state index in [1.54, 1.807) is 6.20 Å². The second-order valence-electron chi connectivity index (χ2n) is 3.38. The summed E-state index contributed by atoms with van der Waals surface area (Å²) >= 11 is 0. The quantitative estimate of drug-likeness (QED) is 0.756. The standard InChI is InChI=1S/C10H14N2O/c1-7(2)8-3-4-9(12-6-8)5-10(11)13/h3-4,6-7H,5H2,1-2H3,(H2,11,13). The Morgan fingerprint density at radius 2 is 2.23 bits per heavy atom. The van der Waals surface area contributed by atoms with Gasteiger partial charge in [0.2, 0.25) is 5.91 Å². The van der Waals surface area contributed by atoms with E-state index in [1.165, 1.54) is 5.56 Å². The molecule has 0 saturated carbocycles. The highest BCUT2D eigenvalue weighted by atomic mass is 16.1. The molecule has 3 nitrogen and oxygen atoms in total. The summed E-state index contributed by atoms with van der Waals surface area (Å²) in [5, 5.41) is 0. The van der Waals surface area contributed by atoms with Gasteiger partial charge in [-0.3, -0.25) is 9.78 Å². The van der Waals surface area contributed by atoms with Gasteiger partial charge in [-0.1, -0.05) is 19.9 Å². The zero-order valence-electron chi connectivity index (χ0n) is 7.95. The largest absolute Gasteiger partial charge is 0.369 e. The van der Waals surface area contributed by atoms with Crippen LogP contribution in [0.15, 0.2) is 18.3 Å². The van der Waals surface area contributed by atoms with Crippen LogP contribution in [0.3, 0.4) is 0 Å². The fourth-order valence-electron chi connectivity index (χ4n) is 1.06. The van der Waals surface area contributed by atoms with Gasteiger partial charge in [0.25, 0.3) is 0 Å². The van der Waals surface area contributed by atoms with Gasteiger partial charge in [0.05, 0.1) is 6.42 Å². The molecule has 0 saturated heterocycles. The molecule has 0 aliphatic heterocycles. The maximum absolute atomic E-state index is 10.6. The minimum atomic E-state index is -0.343. The third-order valence-electron chi connectivity index (χ3n) is 1.87. The van der Waals surface area contributed by atoms with Gasteiger partial charge < -0.3 is 5.73 Å². The van der Waals surface area contributed by atoms with Crippen molar-refractivity contribution in [2.24, 2.45) is 5.73 Å². The van der Waals surface area contributed by atoms with Crippen molar-refractivity contribution in [3.05, 3.63) is 29.6 Å². The van der Waals surface area contributed by atoms with E-state index in [-0.39, 0.29) is 12.3 Å². The van der Waals surface area contributed by atoms with E-state index < -0.39 is 0 Å². The summed E-state index contributed by atoms with van der Waals surface area (Å²) in [5.74, 6) is 0.125. The highest BCUT2D eigenvalue weighted by molar-refractivity contribution is 5.76. The van der Waals surface area contributed by atoms with Gasteiger partial charge in [-0.15, -0.1) is 0 Å². The molecular formula is C10H14N2O. The fourth-order valence-corrected chi connectivity index (χ4v) is 1.06. The number of rotatable bonds is 3. The molecule has 0 spiro atoms. The summed E-state index contributed by atoms with van der Waals surface area (Å²) in [5.41, 5.74) is 6.95. The number of hydrogen-bond acceptors (Lipinski definition) is 2. The van der Waals surface area contributed by atoms with Gasteiger partial charge in [-0.25, -0.2) is 0 Å². The van der Waals surface area contributed by atoms with Gasteiger partial charge in [-0.2, -0.15) is 0 Å². The number of carbonyl (C=O) groups excluding carboxylic acids is 1. The molecule has 0 radical (unpaired) electrons. The van der Waals surface area contributed by atoms with Gasteiger partial charge in [0, 0.05) is 11.9 Å². The molecule has 13 heavy (non-hydrogen) atoms. The molecule has 0 unspecified atom stereocenters. The molecule has 1 heterocycles. The Hall–Kier alpha value is -1.38. The Kier molecular flexibility index (Phi) is 3.01. The zero-order chi connectivity index (χ0) is 9.84. The van der Waals surface area contributed by atoms with Crippen molar-refractivity contribution in [1.82, 2.24) is 4.98 Å². The van der Waals surface area contributed by atoms with Crippen LogP contribution in [0.4, 0.5) is 0 Å². The highest BCUT2D eigenvalue weighted by Gasteiger charge is 2.01. The third-order valence-corrected chi connectivity index (χ3v) is 1.87. The number of nitrogens with zero attached hydrogens (tertiary/aromatic N) is 1. The highest BCUT2D eigenvalue weighted by Crippen LogP contribution is 2.12. The Morgan fingerprint density at radius 1 is 1.54 bits per heavy atom. The second kappa shape index (κ2) is 4.03. The SMILES string of the molecule is CC(C)c1ccc(CC(N)=O)nc1. The van der Waals surface area contributed by atoms with E-state index in [0.29, 0.717) is 5.92 Å². The second-order valence-corrected chi connectivity index (χ2v) is 3.38. The Labute approximate surface area is 78.0 Å². The first-order valence-electron chi connectivity index (χ1n) is 4.32. The van der Waals surface area contributed by atoms with Crippen molar-refractivity contribution in [1.29, 1.82) is 0 Å². The number of aromatic nitrogens is 1. The van der Waals surface area contributed by atoms with Crippen molar-refractivity contribution in [2.45, 2.75) is 26.2 Å². The normalized spacial score (nSPS) is 10.4. The van der Waals surface area contributed by atoms with Crippen LogP contribution in [0.5, 0.6) is 0 Å². The lowest BCUT2D eigenvalue weighted by molar-refractivity contribution is -0.117. The molecule has 0 aromatic carbocycles. The van der Waals surface area contributed by atoms with E-state index in [9.17, 15) is 4.79 Å². The molecule has 0 fully saturated rings. The molecule has 1 aromatic rings. The van der Waals surface area contributed by atoms with Crippen molar-refractivity contribution in [2.75, 3.05) is 0 Å². The van der Waals surface area contributed by atoms with Gasteiger partial charge >= 0.3 is 0 Å². The monoisotopic (exact) mass is 178 g/mol. The van der Waals surface area contributed by atoms with Crippen LogP contribution < -0.4 is 5.73 Å². The van der Waals surface area contributed by atoms with E-state index >= 15 is 0 Å². The Bertz CT molecular complexity index is 290. The van der Waals surface area contributed by atoms with Crippen molar-refractivity contribution < 1.29 is 4.79 Å². The predicted molar refractivity (Wildman–Crippen MR) is 51.2 cm³/mol. The average Bonchev–Trinajstić information content (AvgIpc) is 2.04. The molecule has 70 valence electrons. The van der Waals surface area contributed by atoms with Crippen LogP contribution in [-0.2, 0) is 11.2 Å². The van der Waals surface area contributed by atoms with Crippen molar-refractivity contribution in [3.63, 3.8) is 0 Å². The fraction of sp³-hybridized carbons (Fsp3) is 0.400. The minimum Gasteiger partial charge on any atom is -0.369 e. The van der Waals surface area contributed by atoms with Gasteiger partial charge in [0.1, 0.15) is 0 Å². The van der Waals surface area contributed by atoms with Crippen LogP contribution in [0.1, 0.15) is 31.0 Å². The summed E-state index contributed by atoms with van der Waals surface area (Å²) in [6.45, 7) is 4.20.